The van der Waals surface area contributed by atoms with E-state index in [0.717, 1.165) is 11.3 Å². The molecule has 10 N–H and O–H groups in total. The standard InChI is InChI=1S/C60H103N11O12/c1-18-21-23-27-83-40(16)49-58(81)68-46(34(8)9)55(78)65-42(28-32(4)5)52(75)62-38(14)59(82)71-39(15)50(73)64-43(29-33(6)7)53(76)66-44(30-60(71)26-25-37(60)13)54(77)67-47(35(10)11)56(79)69-48(36(12)24-22-19-2)57(80)63-41(20-3)51(74)61-31-45(72)70(49)17/h19,21-23,32-44,46-49,53,66,76H,18,20,24-31H2,1-17H3,(H,61,74)(H,62,75)(H,63,80)(H,64,73)(H,65,78)(H,67,77)(H,68,81)(H,69,79). The predicted octanol–water partition coefficient (Wildman–Crippen LogP) is 2.21. The fourth-order valence-electron chi connectivity index (χ4n) is 11.1. The van der Waals surface area contributed by atoms with Crippen molar-refractivity contribution in [3.05, 3.63) is 24.3 Å². The average Bonchev–Trinajstić information content (AvgIpc) is 2.88. The molecule has 470 valence electrons. The van der Waals surface area contributed by atoms with Crippen molar-refractivity contribution in [2.75, 3.05) is 20.2 Å². The minimum absolute atomic E-state index is 0.0543. The number of carbonyl (C=O) groups is 10. The van der Waals surface area contributed by atoms with Crippen LogP contribution in [0.4, 0.5) is 0 Å². The summed E-state index contributed by atoms with van der Waals surface area (Å²) in [5.41, 5.74) is -1.23. The fraction of sp³-hybridized carbons (Fsp3) is 0.767. The van der Waals surface area contributed by atoms with Crippen LogP contribution in [-0.2, 0) is 52.7 Å². The Morgan fingerprint density at radius 1 is 0.651 bits per heavy atom. The highest BCUT2D eigenvalue weighted by atomic mass is 16.5. The molecule has 0 aromatic rings. The molecule has 3 aliphatic rings. The van der Waals surface area contributed by atoms with Crippen LogP contribution < -0.4 is 47.9 Å². The lowest BCUT2D eigenvalue weighted by molar-refractivity contribution is -0.164. The zero-order valence-corrected chi connectivity index (χ0v) is 52.6. The first kappa shape index (κ1) is 71.3. The van der Waals surface area contributed by atoms with Crippen LogP contribution in [0.5, 0.6) is 0 Å². The van der Waals surface area contributed by atoms with E-state index in [1.54, 1.807) is 67.5 Å². The number of ether oxygens (including phenoxy) is 1. The fourth-order valence-corrected chi connectivity index (χ4v) is 11.1. The van der Waals surface area contributed by atoms with E-state index in [9.17, 15) is 43.5 Å². The van der Waals surface area contributed by atoms with Gasteiger partial charge in [0.1, 0.15) is 54.6 Å². The van der Waals surface area contributed by atoms with Crippen LogP contribution in [0, 0.1) is 35.5 Å². The van der Waals surface area contributed by atoms with Gasteiger partial charge in [-0.05, 0) is 115 Å². The normalized spacial score (nSPS) is 31.4. The van der Waals surface area contributed by atoms with Gasteiger partial charge in [-0.1, -0.05) is 107 Å². The van der Waals surface area contributed by atoms with E-state index in [0.29, 0.717) is 19.3 Å². The summed E-state index contributed by atoms with van der Waals surface area (Å²) < 4.78 is 6.04. The third kappa shape index (κ3) is 19.6. The maximum Gasteiger partial charge on any atom is 0.246 e. The topological polar surface area (TPSA) is 315 Å². The molecule has 1 saturated carbocycles. The molecule has 2 bridgehead atoms. The van der Waals surface area contributed by atoms with Gasteiger partial charge in [0, 0.05) is 12.6 Å². The lowest BCUT2D eigenvalue weighted by atomic mass is 9.62. The second-order valence-electron chi connectivity index (χ2n) is 24.7. The van der Waals surface area contributed by atoms with Crippen molar-refractivity contribution in [2.45, 2.75) is 240 Å². The minimum atomic E-state index is -1.47. The van der Waals surface area contributed by atoms with E-state index in [-0.39, 0.29) is 50.0 Å². The van der Waals surface area contributed by atoms with Gasteiger partial charge < -0.3 is 62.2 Å². The van der Waals surface area contributed by atoms with E-state index in [1.807, 2.05) is 60.6 Å². The van der Waals surface area contributed by atoms with Gasteiger partial charge in [-0.25, -0.2) is 0 Å². The number of fused-ring (bicyclic) bond motifs is 1. The van der Waals surface area contributed by atoms with Crippen LogP contribution in [0.15, 0.2) is 24.3 Å². The molecule has 10 amide bonds. The number of amides is 10. The second kappa shape index (κ2) is 32.9. The van der Waals surface area contributed by atoms with Gasteiger partial charge in [0.2, 0.25) is 59.1 Å². The third-order valence-electron chi connectivity index (χ3n) is 16.4. The smallest absolute Gasteiger partial charge is 0.246 e. The molecule has 23 nitrogen and oxygen atoms in total. The zero-order chi connectivity index (χ0) is 62.8. The summed E-state index contributed by atoms with van der Waals surface area (Å²) in [5, 5.41) is 37.5. The van der Waals surface area contributed by atoms with Crippen LogP contribution in [0.25, 0.3) is 0 Å². The monoisotopic (exact) mass is 1170 g/mol. The van der Waals surface area contributed by atoms with Gasteiger partial charge in [-0.2, -0.15) is 0 Å². The summed E-state index contributed by atoms with van der Waals surface area (Å²) in [5.74, 6) is -9.24. The van der Waals surface area contributed by atoms with Crippen LogP contribution in [0.2, 0.25) is 0 Å². The SMILES string of the molecule is CC=CCC(C)C1NC(=O)C(C(C)C)NC(=O)C2CC3(CCC3C)N(C(=O)C(C)NC(=O)C(CC(C)C)NC(=O)C(C(C)C)NC(=O)C(C(C)OCC=CCC)N(C)C(=O)CNC(=O)C(CC)NC1=O)C(C)C(=O)NC(CC(C)C)C(O)N2. The van der Waals surface area contributed by atoms with Crippen molar-refractivity contribution in [1.82, 2.24) is 57.7 Å². The first-order valence-corrected chi connectivity index (χ1v) is 30.2. The number of nitrogens with one attached hydrogen (secondary N) is 9. The molecule has 3 fully saturated rings. The Hall–Kier alpha value is -5.94. The molecule has 0 aromatic heterocycles. The maximum atomic E-state index is 15.3. The number of aliphatic hydroxyl groups excluding tert-OH is 1. The molecule has 23 heteroatoms. The molecule has 1 aliphatic carbocycles. The van der Waals surface area contributed by atoms with Gasteiger partial charge in [-0.15, -0.1) is 0 Å². The summed E-state index contributed by atoms with van der Waals surface area (Å²) >= 11 is 0. The molecular formula is C60H103N11O12. The first-order valence-electron chi connectivity index (χ1n) is 30.2. The van der Waals surface area contributed by atoms with Gasteiger partial charge in [0.05, 0.1) is 31.3 Å². The Bertz CT molecular complexity index is 2310. The molecule has 15 unspecified atom stereocenters. The van der Waals surface area contributed by atoms with Crippen LogP contribution >= 0.6 is 0 Å². The largest absolute Gasteiger partial charge is 0.376 e. The average molecular weight is 1170 g/mol. The van der Waals surface area contributed by atoms with Gasteiger partial charge >= 0.3 is 0 Å². The van der Waals surface area contributed by atoms with E-state index >= 15 is 9.59 Å². The van der Waals surface area contributed by atoms with Crippen molar-refractivity contribution < 1.29 is 57.8 Å². The molecular weight excluding hydrogens is 1070 g/mol. The van der Waals surface area contributed by atoms with Crippen molar-refractivity contribution in [2.24, 2.45) is 35.5 Å². The summed E-state index contributed by atoms with van der Waals surface area (Å²) in [6, 6.07) is -12.3. The van der Waals surface area contributed by atoms with Crippen LogP contribution in [-0.4, -0.2) is 172 Å². The number of hydrogen-bond acceptors (Lipinski definition) is 13. The van der Waals surface area contributed by atoms with E-state index in [2.05, 4.69) is 47.9 Å². The molecule has 2 heterocycles. The summed E-state index contributed by atoms with van der Waals surface area (Å²) in [6.07, 6.45) is 7.09. The van der Waals surface area contributed by atoms with E-state index in [4.69, 9.17) is 4.74 Å². The highest BCUT2D eigenvalue weighted by Crippen LogP contribution is 2.48. The highest BCUT2D eigenvalue weighted by molar-refractivity contribution is 5.99. The number of likely N-dealkylation sites (N-methyl/N-ethyl adjacent to an activating group) is 1. The Morgan fingerprint density at radius 3 is 1.75 bits per heavy atom. The Morgan fingerprint density at radius 2 is 1.22 bits per heavy atom. The summed E-state index contributed by atoms with van der Waals surface area (Å²) in [7, 11) is 1.36. The van der Waals surface area contributed by atoms with Crippen LogP contribution in [0.1, 0.15) is 162 Å². The van der Waals surface area contributed by atoms with Crippen molar-refractivity contribution in [1.29, 1.82) is 0 Å². The molecule has 0 aromatic carbocycles. The molecule has 2 aliphatic heterocycles. The Kier molecular flexibility index (Phi) is 28.3. The molecule has 15 atom stereocenters. The third-order valence-corrected chi connectivity index (χ3v) is 16.4. The second-order valence-corrected chi connectivity index (χ2v) is 24.7. The maximum absolute atomic E-state index is 15.3. The van der Waals surface area contributed by atoms with Crippen molar-refractivity contribution >= 4 is 59.1 Å². The molecule has 3 rings (SSSR count). The van der Waals surface area contributed by atoms with Crippen molar-refractivity contribution in [3.63, 3.8) is 0 Å². The highest BCUT2D eigenvalue weighted by Gasteiger charge is 2.56. The minimum Gasteiger partial charge on any atom is -0.376 e. The molecule has 1 spiro atoms. The van der Waals surface area contributed by atoms with Gasteiger partial charge in [0.25, 0.3) is 0 Å². The first-order chi connectivity index (χ1) is 38.9. The Labute approximate surface area is 493 Å². The van der Waals surface area contributed by atoms with Crippen molar-refractivity contribution in [3.8, 4) is 0 Å². The van der Waals surface area contributed by atoms with Crippen LogP contribution in [0.3, 0.4) is 0 Å². The van der Waals surface area contributed by atoms with Gasteiger partial charge in [0.15, 0.2) is 0 Å². The quantitative estimate of drug-likeness (QED) is 0.105. The number of rotatable bonds is 15. The summed E-state index contributed by atoms with van der Waals surface area (Å²) in [4.78, 5) is 148. The zero-order valence-electron chi connectivity index (χ0n) is 52.6. The van der Waals surface area contributed by atoms with E-state index < -0.39 is 162 Å². The number of hydrogen-bond donors (Lipinski definition) is 10. The number of nitrogens with zero attached hydrogens (tertiary/aromatic N) is 2. The molecule has 83 heavy (non-hydrogen) atoms. The lowest BCUT2D eigenvalue weighted by Gasteiger charge is -2.58. The number of aliphatic hydroxyl groups is 1. The lowest BCUT2D eigenvalue weighted by Crippen LogP contribution is -2.73. The summed E-state index contributed by atoms with van der Waals surface area (Å²) in [6.45, 7) is 27.5. The molecule has 0 radical (unpaired) electrons. The number of allylic oxidation sites excluding steroid dienone is 3. The number of carbonyl (C=O) groups excluding carboxylic acids is 10. The van der Waals surface area contributed by atoms with E-state index in [1.165, 1.54) is 18.9 Å². The van der Waals surface area contributed by atoms with Gasteiger partial charge in [-0.3, -0.25) is 53.3 Å². The molecule has 2 saturated heterocycles. The predicted molar refractivity (Wildman–Crippen MR) is 316 cm³/mol. The Balaban J connectivity index is 2.33.